The molecule has 0 saturated carbocycles. The molecule has 17 heavy (non-hydrogen) atoms. The quantitative estimate of drug-likeness (QED) is 0.833. The largest absolute Gasteiger partial charge is 0.497 e. The molecule has 94 valence electrons. The normalized spacial score (nSPS) is 13.3. The summed E-state index contributed by atoms with van der Waals surface area (Å²) in [5.74, 6) is -0.710. The molecular formula is C11H12F3NO2. The minimum absolute atomic E-state index is 0.0403. The molecule has 1 atom stereocenters. The van der Waals surface area contributed by atoms with E-state index in [0.717, 1.165) is 12.1 Å². The van der Waals surface area contributed by atoms with Crippen LogP contribution in [0.3, 0.4) is 0 Å². The van der Waals surface area contributed by atoms with Gasteiger partial charge in [-0.25, -0.2) is 0 Å². The van der Waals surface area contributed by atoms with E-state index < -0.39 is 29.1 Å². The molecular weight excluding hydrogens is 235 g/mol. The first-order valence-corrected chi connectivity index (χ1v) is 4.82. The van der Waals surface area contributed by atoms with Gasteiger partial charge >= 0.3 is 6.18 Å². The van der Waals surface area contributed by atoms with E-state index in [1.54, 1.807) is 0 Å². The van der Waals surface area contributed by atoms with Crippen LogP contribution in [-0.4, -0.2) is 18.9 Å². The van der Waals surface area contributed by atoms with Crippen molar-refractivity contribution in [3.63, 3.8) is 0 Å². The molecule has 0 aliphatic rings. The maximum Gasteiger partial charge on any atom is 0.417 e. The van der Waals surface area contributed by atoms with E-state index in [9.17, 15) is 18.0 Å². The number of ether oxygens (including phenoxy) is 1. The van der Waals surface area contributed by atoms with Gasteiger partial charge in [-0.3, -0.25) is 4.79 Å². The number of alkyl halides is 3. The van der Waals surface area contributed by atoms with Gasteiger partial charge in [-0.2, -0.15) is 13.2 Å². The number of hydrogen-bond donors (Lipinski definition) is 1. The van der Waals surface area contributed by atoms with Gasteiger partial charge < -0.3 is 10.5 Å². The molecule has 1 aromatic carbocycles. The minimum atomic E-state index is -4.62. The van der Waals surface area contributed by atoms with Crippen LogP contribution in [0.4, 0.5) is 13.2 Å². The lowest BCUT2D eigenvalue weighted by Gasteiger charge is -2.14. The highest BCUT2D eigenvalue weighted by molar-refractivity contribution is 6.01. The van der Waals surface area contributed by atoms with Crippen molar-refractivity contribution in [3.8, 4) is 5.75 Å². The van der Waals surface area contributed by atoms with Crippen molar-refractivity contribution in [2.24, 2.45) is 5.73 Å². The number of ketones is 1. The Hall–Kier alpha value is -1.56. The van der Waals surface area contributed by atoms with Crippen molar-refractivity contribution in [1.29, 1.82) is 0 Å². The van der Waals surface area contributed by atoms with Gasteiger partial charge in [-0.15, -0.1) is 0 Å². The molecule has 0 bridgehead atoms. The van der Waals surface area contributed by atoms with Crippen LogP contribution in [0, 0.1) is 0 Å². The van der Waals surface area contributed by atoms with Crippen molar-refractivity contribution in [2.45, 2.75) is 19.1 Å². The Kier molecular flexibility index (Phi) is 3.77. The molecule has 1 rings (SSSR count). The Bertz CT molecular complexity index is 427. The van der Waals surface area contributed by atoms with Crippen LogP contribution in [0.5, 0.6) is 5.75 Å². The van der Waals surface area contributed by atoms with E-state index in [4.69, 9.17) is 10.5 Å². The van der Waals surface area contributed by atoms with E-state index in [1.807, 2.05) is 0 Å². The van der Waals surface area contributed by atoms with Crippen molar-refractivity contribution < 1.29 is 22.7 Å². The van der Waals surface area contributed by atoms with Gasteiger partial charge in [0.25, 0.3) is 0 Å². The number of Topliss-reactive ketones (excluding diaryl/α,β-unsaturated/α-hetero) is 1. The summed E-state index contributed by atoms with van der Waals surface area (Å²) in [5, 5.41) is 0. The molecule has 1 unspecified atom stereocenters. The fourth-order valence-electron chi connectivity index (χ4n) is 1.35. The number of hydrogen-bond acceptors (Lipinski definition) is 3. The molecule has 0 radical (unpaired) electrons. The minimum Gasteiger partial charge on any atom is -0.497 e. The molecule has 0 aliphatic carbocycles. The summed E-state index contributed by atoms with van der Waals surface area (Å²) < 4.78 is 42.9. The molecule has 0 aliphatic heterocycles. The lowest BCUT2D eigenvalue weighted by molar-refractivity contribution is -0.138. The van der Waals surface area contributed by atoms with Crippen molar-refractivity contribution >= 4 is 5.78 Å². The van der Waals surface area contributed by atoms with Crippen molar-refractivity contribution in [2.75, 3.05) is 7.11 Å². The van der Waals surface area contributed by atoms with Crippen LogP contribution in [0.15, 0.2) is 18.2 Å². The number of benzene rings is 1. The topological polar surface area (TPSA) is 52.3 Å². The molecule has 0 heterocycles. The van der Waals surface area contributed by atoms with Crippen LogP contribution in [-0.2, 0) is 6.18 Å². The lowest BCUT2D eigenvalue weighted by atomic mass is 9.99. The van der Waals surface area contributed by atoms with Gasteiger partial charge in [0.1, 0.15) is 5.75 Å². The molecule has 3 nitrogen and oxygen atoms in total. The summed E-state index contributed by atoms with van der Waals surface area (Å²) in [6.45, 7) is 1.34. The maximum absolute atomic E-state index is 12.7. The van der Waals surface area contributed by atoms with Crippen molar-refractivity contribution in [1.82, 2.24) is 0 Å². The Morgan fingerprint density at radius 2 is 2.00 bits per heavy atom. The predicted octanol–water partition coefficient (Wildman–Crippen LogP) is 2.24. The van der Waals surface area contributed by atoms with E-state index in [2.05, 4.69) is 0 Å². The molecule has 2 N–H and O–H groups in total. The van der Waals surface area contributed by atoms with Gasteiger partial charge in [0.15, 0.2) is 5.78 Å². The molecule has 0 spiro atoms. The first-order valence-electron chi connectivity index (χ1n) is 4.82. The highest BCUT2D eigenvalue weighted by atomic mass is 19.4. The first kappa shape index (κ1) is 13.5. The number of methoxy groups -OCH3 is 1. The highest BCUT2D eigenvalue weighted by Crippen LogP contribution is 2.34. The molecule has 0 fully saturated rings. The average Bonchev–Trinajstić information content (AvgIpc) is 2.26. The van der Waals surface area contributed by atoms with Gasteiger partial charge in [0.2, 0.25) is 0 Å². The summed E-state index contributed by atoms with van der Waals surface area (Å²) in [6.07, 6.45) is -4.62. The first-order chi connectivity index (χ1) is 7.77. The maximum atomic E-state index is 12.7. The monoisotopic (exact) mass is 247 g/mol. The Morgan fingerprint density at radius 3 is 2.41 bits per heavy atom. The Labute approximate surface area is 96.4 Å². The second kappa shape index (κ2) is 4.75. The van der Waals surface area contributed by atoms with E-state index in [-0.39, 0.29) is 5.75 Å². The predicted molar refractivity (Wildman–Crippen MR) is 56.0 cm³/mol. The summed E-state index contributed by atoms with van der Waals surface area (Å²) in [7, 11) is 1.25. The zero-order chi connectivity index (χ0) is 13.2. The average molecular weight is 247 g/mol. The zero-order valence-corrected chi connectivity index (χ0v) is 9.34. The fourth-order valence-corrected chi connectivity index (χ4v) is 1.35. The van der Waals surface area contributed by atoms with E-state index in [1.165, 1.54) is 20.1 Å². The standard InChI is InChI=1S/C11H12F3NO2/c1-6(15)10(16)8-4-3-7(17-2)5-9(8)11(12,13)14/h3-6H,15H2,1-2H3. The summed E-state index contributed by atoms with van der Waals surface area (Å²) in [4.78, 5) is 11.5. The van der Waals surface area contributed by atoms with E-state index >= 15 is 0 Å². The molecule has 0 saturated heterocycles. The highest BCUT2D eigenvalue weighted by Gasteiger charge is 2.36. The molecule has 6 heteroatoms. The summed E-state index contributed by atoms with van der Waals surface area (Å²) in [5.41, 5.74) is 3.84. The van der Waals surface area contributed by atoms with Gasteiger partial charge in [-0.05, 0) is 25.1 Å². The lowest BCUT2D eigenvalue weighted by Crippen LogP contribution is -2.28. The molecule has 1 aromatic rings. The smallest absolute Gasteiger partial charge is 0.417 e. The van der Waals surface area contributed by atoms with Crippen LogP contribution in [0.25, 0.3) is 0 Å². The number of carbonyl (C=O) groups is 1. The summed E-state index contributed by atoms with van der Waals surface area (Å²) >= 11 is 0. The number of rotatable bonds is 3. The van der Waals surface area contributed by atoms with Crippen LogP contribution in [0.1, 0.15) is 22.8 Å². The second-order valence-electron chi connectivity index (χ2n) is 3.56. The number of carbonyl (C=O) groups excluding carboxylic acids is 1. The number of halogens is 3. The van der Waals surface area contributed by atoms with Crippen LogP contribution in [0.2, 0.25) is 0 Å². The zero-order valence-electron chi connectivity index (χ0n) is 9.34. The van der Waals surface area contributed by atoms with E-state index in [0.29, 0.717) is 0 Å². The van der Waals surface area contributed by atoms with Crippen molar-refractivity contribution in [3.05, 3.63) is 29.3 Å². The molecule has 0 aromatic heterocycles. The van der Waals surface area contributed by atoms with Gasteiger partial charge in [0, 0.05) is 5.56 Å². The Morgan fingerprint density at radius 1 is 1.41 bits per heavy atom. The van der Waals surface area contributed by atoms with Crippen LogP contribution < -0.4 is 10.5 Å². The van der Waals surface area contributed by atoms with Gasteiger partial charge in [0.05, 0.1) is 18.7 Å². The summed E-state index contributed by atoms with van der Waals surface area (Å²) in [6, 6.07) is 2.18. The SMILES string of the molecule is COc1ccc(C(=O)C(C)N)c(C(F)(F)F)c1. The Balaban J connectivity index is 3.35. The third-order valence-corrected chi connectivity index (χ3v) is 2.21. The van der Waals surface area contributed by atoms with Crippen LogP contribution >= 0.6 is 0 Å². The van der Waals surface area contributed by atoms with Gasteiger partial charge in [-0.1, -0.05) is 0 Å². The second-order valence-corrected chi connectivity index (χ2v) is 3.56. The number of nitrogens with two attached hydrogens (primary N) is 1. The third-order valence-electron chi connectivity index (χ3n) is 2.21. The molecule has 0 amide bonds. The third kappa shape index (κ3) is 2.97. The fraction of sp³-hybridized carbons (Fsp3) is 0.364.